The summed E-state index contributed by atoms with van der Waals surface area (Å²) in [7, 11) is 2.58. The number of hydrogen-bond donors (Lipinski definition) is 0. The zero-order chi connectivity index (χ0) is 14.5. The van der Waals surface area contributed by atoms with Gasteiger partial charge in [-0.3, -0.25) is 4.79 Å². The molecule has 0 unspecified atom stereocenters. The molecule has 0 aliphatic heterocycles. The highest BCUT2D eigenvalue weighted by Gasteiger charge is 2.21. The average Bonchev–Trinajstić information content (AvgIpc) is 2.90. The van der Waals surface area contributed by atoms with Gasteiger partial charge in [-0.1, -0.05) is 18.2 Å². The second-order valence-corrected chi connectivity index (χ2v) is 4.00. The number of esters is 2. The Balaban J connectivity index is 2.49. The molecule has 1 aromatic heterocycles. The monoisotopic (exact) mass is 274 g/mol. The number of hydrogen-bond acceptors (Lipinski definition) is 5. The van der Waals surface area contributed by atoms with Crippen LogP contribution in [0.3, 0.4) is 0 Å². The minimum atomic E-state index is -0.536. The van der Waals surface area contributed by atoms with Crippen LogP contribution in [0.25, 0.3) is 5.69 Å². The van der Waals surface area contributed by atoms with E-state index >= 15 is 0 Å². The first-order chi connectivity index (χ1) is 9.67. The molecule has 0 bridgehead atoms. The lowest BCUT2D eigenvalue weighted by Gasteiger charge is -2.08. The van der Waals surface area contributed by atoms with E-state index in [4.69, 9.17) is 4.74 Å². The number of carbonyl (C=O) groups is 2. The lowest BCUT2D eigenvalue weighted by molar-refractivity contribution is -0.139. The first kappa shape index (κ1) is 13.8. The van der Waals surface area contributed by atoms with E-state index in [1.165, 1.54) is 25.1 Å². The molecule has 6 nitrogen and oxygen atoms in total. The van der Waals surface area contributed by atoms with Crippen molar-refractivity contribution in [2.75, 3.05) is 14.2 Å². The Labute approximate surface area is 115 Å². The molecule has 0 saturated heterocycles. The minimum absolute atomic E-state index is 0.0597. The highest BCUT2D eigenvalue weighted by molar-refractivity contribution is 5.92. The number of benzene rings is 1. The van der Waals surface area contributed by atoms with E-state index in [1.807, 2.05) is 30.3 Å². The number of carbonyl (C=O) groups excluding carboxylic acids is 2. The molecule has 6 heteroatoms. The molecule has 2 aromatic rings. The van der Waals surface area contributed by atoms with Gasteiger partial charge >= 0.3 is 11.9 Å². The third-order valence-electron chi connectivity index (χ3n) is 2.81. The third kappa shape index (κ3) is 2.69. The summed E-state index contributed by atoms with van der Waals surface area (Å²) in [5, 5.41) is 4.15. The first-order valence-corrected chi connectivity index (χ1v) is 5.94. The zero-order valence-corrected chi connectivity index (χ0v) is 11.2. The topological polar surface area (TPSA) is 70.4 Å². The van der Waals surface area contributed by atoms with Crippen LogP contribution < -0.4 is 0 Å². The predicted molar refractivity (Wildman–Crippen MR) is 70.6 cm³/mol. The zero-order valence-electron chi connectivity index (χ0n) is 11.2. The van der Waals surface area contributed by atoms with Gasteiger partial charge in [0.25, 0.3) is 0 Å². The Kier molecular flexibility index (Phi) is 4.14. The van der Waals surface area contributed by atoms with E-state index in [0.717, 1.165) is 5.69 Å². The van der Waals surface area contributed by atoms with E-state index in [0.29, 0.717) is 5.69 Å². The summed E-state index contributed by atoms with van der Waals surface area (Å²) in [5.41, 5.74) is 1.44. The molecule has 0 saturated carbocycles. The minimum Gasteiger partial charge on any atom is -0.469 e. The molecule has 0 atom stereocenters. The summed E-state index contributed by atoms with van der Waals surface area (Å²) < 4.78 is 10.9. The maximum absolute atomic E-state index is 11.7. The molecule has 0 aliphatic rings. The predicted octanol–water partition coefficient (Wildman–Crippen LogP) is 1.37. The number of para-hydroxylation sites is 1. The molecule has 1 heterocycles. The molecule has 0 aliphatic carbocycles. The molecule has 2 rings (SSSR count). The maximum Gasteiger partial charge on any atom is 0.341 e. The molecular formula is C14H14N2O4. The summed E-state index contributed by atoms with van der Waals surface area (Å²) in [6, 6.07) is 9.21. The van der Waals surface area contributed by atoms with E-state index < -0.39 is 11.9 Å². The molecule has 104 valence electrons. The quantitative estimate of drug-likeness (QED) is 0.788. The van der Waals surface area contributed by atoms with Crippen molar-refractivity contribution >= 4 is 11.9 Å². The van der Waals surface area contributed by atoms with E-state index in [1.54, 1.807) is 0 Å². The average molecular weight is 274 g/mol. The van der Waals surface area contributed by atoms with Crippen LogP contribution in [-0.4, -0.2) is 35.9 Å². The molecule has 0 amide bonds. The van der Waals surface area contributed by atoms with Gasteiger partial charge in [0.05, 0.1) is 38.2 Å². The standard InChI is InChI=1S/C14H14N2O4/c1-19-13(17)8-12-11(14(18)20-2)9-15-16(12)10-6-4-3-5-7-10/h3-7,9H,8H2,1-2H3. The number of methoxy groups -OCH3 is 2. The lowest BCUT2D eigenvalue weighted by Crippen LogP contribution is -2.14. The van der Waals surface area contributed by atoms with E-state index in [9.17, 15) is 9.59 Å². The largest absolute Gasteiger partial charge is 0.469 e. The Morgan fingerprint density at radius 2 is 1.85 bits per heavy atom. The van der Waals surface area contributed by atoms with Gasteiger partial charge in [0.15, 0.2) is 0 Å². The first-order valence-electron chi connectivity index (χ1n) is 5.94. The summed E-state index contributed by atoms with van der Waals surface area (Å²) in [5.74, 6) is -0.987. The number of rotatable bonds is 4. The number of ether oxygens (including phenoxy) is 2. The molecular weight excluding hydrogens is 260 g/mol. The van der Waals surface area contributed by atoms with Gasteiger partial charge in [-0.15, -0.1) is 0 Å². The summed E-state index contributed by atoms with van der Waals surface area (Å²) >= 11 is 0. The molecule has 0 fully saturated rings. The van der Waals surface area contributed by atoms with E-state index in [-0.39, 0.29) is 12.0 Å². The Bertz CT molecular complexity index is 619. The van der Waals surface area contributed by atoms with Crippen molar-refractivity contribution in [1.82, 2.24) is 9.78 Å². The highest BCUT2D eigenvalue weighted by atomic mass is 16.5. The van der Waals surface area contributed by atoms with Gasteiger partial charge in [-0.25, -0.2) is 9.48 Å². The van der Waals surface area contributed by atoms with Crippen molar-refractivity contribution in [3.8, 4) is 5.69 Å². The van der Waals surface area contributed by atoms with Gasteiger partial charge < -0.3 is 9.47 Å². The van der Waals surface area contributed by atoms with Crippen LogP contribution in [0.1, 0.15) is 16.1 Å². The fourth-order valence-corrected chi connectivity index (χ4v) is 1.82. The van der Waals surface area contributed by atoms with Crippen LogP contribution in [0.15, 0.2) is 36.5 Å². The fraction of sp³-hybridized carbons (Fsp3) is 0.214. The van der Waals surface area contributed by atoms with Crippen molar-refractivity contribution in [2.45, 2.75) is 6.42 Å². The maximum atomic E-state index is 11.7. The molecule has 0 radical (unpaired) electrons. The number of aromatic nitrogens is 2. The van der Waals surface area contributed by atoms with E-state index in [2.05, 4.69) is 9.84 Å². The molecule has 0 N–H and O–H groups in total. The smallest absolute Gasteiger partial charge is 0.341 e. The summed E-state index contributed by atoms with van der Waals surface area (Å²) in [6.45, 7) is 0. The summed E-state index contributed by atoms with van der Waals surface area (Å²) in [4.78, 5) is 23.2. The van der Waals surface area contributed by atoms with Gasteiger partial charge in [0.1, 0.15) is 5.56 Å². The van der Waals surface area contributed by atoms with Crippen LogP contribution >= 0.6 is 0 Å². The fourth-order valence-electron chi connectivity index (χ4n) is 1.82. The molecule has 20 heavy (non-hydrogen) atoms. The van der Waals surface area contributed by atoms with Gasteiger partial charge in [-0.2, -0.15) is 5.10 Å². The van der Waals surface area contributed by atoms with Crippen molar-refractivity contribution in [1.29, 1.82) is 0 Å². The Hall–Kier alpha value is -2.63. The second kappa shape index (κ2) is 6.01. The van der Waals surface area contributed by atoms with Crippen molar-refractivity contribution in [3.05, 3.63) is 47.8 Å². The van der Waals surface area contributed by atoms with Crippen LogP contribution in [0.5, 0.6) is 0 Å². The Morgan fingerprint density at radius 3 is 2.45 bits per heavy atom. The molecule has 1 aromatic carbocycles. The van der Waals surface area contributed by atoms with Crippen molar-refractivity contribution < 1.29 is 19.1 Å². The normalized spacial score (nSPS) is 10.1. The van der Waals surface area contributed by atoms with Crippen LogP contribution in [-0.2, 0) is 20.7 Å². The van der Waals surface area contributed by atoms with Crippen LogP contribution in [0.4, 0.5) is 0 Å². The van der Waals surface area contributed by atoms with Crippen molar-refractivity contribution in [3.63, 3.8) is 0 Å². The third-order valence-corrected chi connectivity index (χ3v) is 2.81. The molecule has 0 spiro atoms. The van der Waals surface area contributed by atoms with Gasteiger partial charge in [0, 0.05) is 0 Å². The van der Waals surface area contributed by atoms with Crippen molar-refractivity contribution in [2.24, 2.45) is 0 Å². The van der Waals surface area contributed by atoms with Gasteiger partial charge in [-0.05, 0) is 12.1 Å². The SMILES string of the molecule is COC(=O)Cc1c(C(=O)OC)cnn1-c1ccccc1. The highest BCUT2D eigenvalue weighted by Crippen LogP contribution is 2.17. The Morgan fingerprint density at radius 1 is 1.15 bits per heavy atom. The summed E-state index contributed by atoms with van der Waals surface area (Å²) in [6.07, 6.45) is 1.33. The lowest BCUT2D eigenvalue weighted by atomic mass is 10.2. The van der Waals surface area contributed by atoms with Gasteiger partial charge in [0.2, 0.25) is 0 Å². The van der Waals surface area contributed by atoms with Crippen LogP contribution in [0, 0.1) is 0 Å². The second-order valence-electron chi connectivity index (χ2n) is 4.00. The number of nitrogens with zero attached hydrogens (tertiary/aromatic N) is 2. The van der Waals surface area contributed by atoms with Crippen LogP contribution in [0.2, 0.25) is 0 Å².